The molecule has 0 saturated carbocycles. The van der Waals surface area contributed by atoms with E-state index < -0.39 is 0 Å². The third kappa shape index (κ3) is 2.78. The van der Waals surface area contributed by atoms with Crippen LogP contribution in [-0.4, -0.2) is 39.4 Å². The van der Waals surface area contributed by atoms with Crippen molar-refractivity contribution in [3.05, 3.63) is 11.9 Å². The minimum atomic E-state index is -0.0252. The van der Waals surface area contributed by atoms with Crippen molar-refractivity contribution in [3.63, 3.8) is 0 Å². The van der Waals surface area contributed by atoms with Crippen LogP contribution in [0.2, 0.25) is 0 Å². The molecule has 1 heterocycles. The van der Waals surface area contributed by atoms with Crippen LogP contribution in [0, 0.1) is 5.92 Å². The fourth-order valence-electron chi connectivity index (χ4n) is 1.36. The number of nitrogens with zero attached hydrogens (tertiary/aromatic N) is 4. The third-order valence-electron chi connectivity index (χ3n) is 2.56. The Bertz CT molecular complexity index is 334. The highest BCUT2D eigenvalue weighted by atomic mass is 16.2. The molecule has 1 aromatic rings. The molecule has 5 heteroatoms. The predicted molar refractivity (Wildman–Crippen MR) is 57.4 cm³/mol. The first-order valence-electron chi connectivity index (χ1n) is 5.16. The van der Waals surface area contributed by atoms with Gasteiger partial charge in [0, 0.05) is 20.6 Å². The van der Waals surface area contributed by atoms with Crippen LogP contribution >= 0.6 is 0 Å². The van der Waals surface area contributed by atoms with Crippen LogP contribution < -0.4 is 0 Å². The van der Waals surface area contributed by atoms with E-state index in [1.807, 2.05) is 7.05 Å². The summed E-state index contributed by atoms with van der Waals surface area (Å²) in [6.45, 7) is 5.01. The number of aryl methyl sites for hydroxylation is 1. The van der Waals surface area contributed by atoms with Crippen molar-refractivity contribution in [3.8, 4) is 0 Å². The molecule has 0 aliphatic rings. The summed E-state index contributed by atoms with van der Waals surface area (Å²) in [6, 6.07) is 0. The van der Waals surface area contributed by atoms with Gasteiger partial charge in [-0.15, -0.1) is 5.10 Å². The molecule has 1 amide bonds. The van der Waals surface area contributed by atoms with Gasteiger partial charge in [-0.1, -0.05) is 25.5 Å². The van der Waals surface area contributed by atoms with Crippen LogP contribution in [0.5, 0.6) is 0 Å². The van der Waals surface area contributed by atoms with Crippen LogP contribution in [0.25, 0.3) is 0 Å². The summed E-state index contributed by atoms with van der Waals surface area (Å²) in [4.78, 5) is 13.6. The Morgan fingerprint density at radius 2 is 2.33 bits per heavy atom. The maximum Gasteiger partial charge on any atom is 0.273 e. The summed E-state index contributed by atoms with van der Waals surface area (Å²) in [5, 5.41) is 7.43. The second-order valence-corrected chi connectivity index (χ2v) is 3.94. The second-order valence-electron chi connectivity index (χ2n) is 3.94. The maximum absolute atomic E-state index is 11.9. The lowest BCUT2D eigenvalue weighted by Gasteiger charge is -2.20. The molecule has 0 aromatic carbocycles. The molecule has 0 bridgehead atoms. The van der Waals surface area contributed by atoms with Gasteiger partial charge < -0.3 is 4.90 Å². The van der Waals surface area contributed by atoms with Gasteiger partial charge in [0.2, 0.25) is 0 Å². The van der Waals surface area contributed by atoms with Gasteiger partial charge in [-0.25, -0.2) is 4.68 Å². The van der Waals surface area contributed by atoms with Crippen molar-refractivity contribution in [2.75, 3.05) is 13.6 Å². The molecule has 1 unspecified atom stereocenters. The van der Waals surface area contributed by atoms with Gasteiger partial charge in [0.1, 0.15) is 5.69 Å². The van der Waals surface area contributed by atoms with Crippen LogP contribution in [-0.2, 0) is 7.05 Å². The standard InChI is InChI=1S/C10H18N4O/c1-5-8(2)7-13(3)10(15)9-6-11-12-14(9)4/h6,8H,5,7H2,1-4H3. The fourth-order valence-corrected chi connectivity index (χ4v) is 1.36. The van der Waals surface area contributed by atoms with Gasteiger partial charge in [0.15, 0.2) is 0 Å². The maximum atomic E-state index is 11.9. The average molecular weight is 210 g/mol. The zero-order chi connectivity index (χ0) is 11.4. The van der Waals surface area contributed by atoms with E-state index in [0.29, 0.717) is 11.6 Å². The van der Waals surface area contributed by atoms with Gasteiger partial charge in [-0.3, -0.25) is 4.79 Å². The topological polar surface area (TPSA) is 51.0 Å². The zero-order valence-electron chi connectivity index (χ0n) is 9.77. The summed E-state index contributed by atoms with van der Waals surface area (Å²) in [5.74, 6) is 0.489. The van der Waals surface area contributed by atoms with Crippen molar-refractivity contribution in [2.45, 2.75) is 20.3 Å². The van der Waals surface area contributed by atoms with E-state index in [0.717, 1.165) is 13.0 Å². The Balaban J connectivity index is 2.65. The molecular weight excluding hydrogens is 192 g/mol. The summed E-state index contributed by atoms with van der Waals surface area (Å²) >= 11 is 0. The minimum Gasteiger partial charge on any atom is -0.340 e. The van der Waals surface area contributed by atoms with E-state index in [9.17, 15) is 4.79 Å². The number of carbonyl (C=O) groups is 1. The summed E-state index contributed by atoms with van der Waals surface area (Å²) < 4.78 is 1.50. The highest BCUT2D eigenvalue weighted by Gasteiger charge is 2.16. The number of carbonyl (C=O) groups excluding carboxylic acids is 1. The largest absolute Gasteiger partial charge is 0.340 e. The average Bonchev–Trinajstić information content (AvgIpc) is 2.63. The SMILES string of the molecule is CCC(C)CN(C)C(=O)c1cnnn1C. The number of rotatable bonds is 4. The lowest BCUT2D eigenvalue weighted by atomic mass is 10.1. The Labute approximate surface area is 90.1 Å². The van der Waals surface area contributed by atoms with Crippen molar-refractivity contribution in [1.29, 1.82) is 0 Å². The highest BCUT2D eigenvalue weighted by Crippen LogP contribution is 2.06. The van der Waals surface area contributed by atoms with Gasteiger partial charge in [-0.05, 0) is 5.92 Å². The molecule has 1 atom stereocenters. The van der Waals surface area contributed by atoms with Crippen molar-refractivity contribution in [2.24, 2.45) is 13.0 Å². The molecule has 1 aromatic heterocycles. The molecule has 0 aliphatic heterocycles. The Kier molecular flexibility index (Phi) is 3.82. The van der Waals surface area contributed by atoms with E-state index >= 15 is 0 Å². The van der Waals surface area contributed by atoms with Crippen molar-refractivity contribution in [1.82, 2.24) is 19.9 Å². The van der Waals surface area contributed by atoms with Crippen molar-refractivity contribution >= 4 is 5.91 Å². The van der Waals surface area contributed by atoms with Gasteiger partial charge in [0.05, 0.1) is 6.20 Å². The molecule has 0 radical (unpaired) electrons. The Hall–Kier alpha value is -1.39. The first kappa shape index (κ1) is 11.7. The molecule has 5 nitrogen and oxygen atoms in total. The molecule has 84 valence electrons. The van der Waals surface area contributed by atoms with Gasteiger partial charge >= 0.3 is 0 Å². The first-order chi connectivity index (χ1) is 7.06. The van der Waals surface area contributed by atoms with E-state index in [4.69, 9.17) is 0 Å². The van der Waals surface area contributed by atoms with E-state index in [1.54, 1.807) is 11.9 Å². The molecular formula is C10H18N4O. The number of hydrogen-bond donors (Lipinski definition) is 0. The summed E-state index contributed by atoms with van der Waals surface area (Å²) in [7, 11) is 3.53. The quantitative estimate of drug-likeness (QED) is 0.743. The van der Waals surface area contributed by atoms with Crippen LogP contribution in [0.3, 0.4) is 0 Å². The van der Waals surface area contributed by atoms with E-state index in [1.165, 1.54) is 10.9 Å². The fraction of sp³-hybridized carbons (Fsp3) is 0.700. The second kappa shape index (κ2) is 4.91. The first-order valence-corrected chi connectivity index (χ1v) is 5.16. The molecule has 0 spiro atoms. The summed E-state index contributed by atoms with van der Waals surface area (Å²) in [5.41, 5.74) is 0.529. The van der Waals surface area contributed by atoms with Crippen LogP contribution in [0.4, 0.5) is 0 Å². The number of hydrogen-bond acceptors (Lipinski definition) is 3. The smallest absolute Gasteiger partial charge is 0.273 e. The van der Waals surface area contributed by atoms with Crippen molar-refractivity contribution < 1.29 is 4.79 Å². The number of amides is 1. The molecule has 15 heavy (non-hydrogen) atoms. The predicted octanol–water partition coefficient (Wildman–Crippen LogP) is 0.933. The minimum absolute atomic E-state index is 0.0252. The summed E-state index contributed by atoms with van der Waals surface area (Å²) in [6.07, 6.45) is 2.57. The highest BCUT2D eigenvalue weighted by molar-refractivity contribution is 5.91. The molecule has 0 fully saturated rings. The molecule has 0 N–H and O–H groups in total. The number of aromatic nitrogens is 3. The lowest BCUT2D eigenvalue weighted by molar-refractivity contribution is 0.0764. The third-order valence-corrected chi connectivity index (χ3v) is 2.56. The van der Waals surface area contributed by atoms with E-state index in [2.05, 4.69) is 24.2 Å². The Morgan fingerprint density at radius 3 is 2.80 bits per heavy atom. The Morgan fingerprint density at radius 1 is 1.67 bits per heavy atom. The van der Waals surface area contributed by atoms with Crippen LogP contribution in [0.15, 0.2) is 6.20 Å². The normalized spacial score (nSPS) is 12.5. The molecule has 0 saturated heterocycles. The lowest BCUT2D eigenvalue weighted by Crippen LogP contribution is -2.32. The van der Waals surface area contributed by atoms with Gasteiger partial charge in [0.25, 0.3) is 5.91 Å². The molecule has 0 aliphatic carbocycles. The van der Waals surface area contributed by atoms with Crippen LogP contribution in [0.1, 0.15) is 30.8 Å². The van der Waals surface area contributed by atoms with Gasteiger partial charge in [-0.2, -0.15) is 0 Å². The monoisotopic (exact) mass is 210 g/mol. The molecule has 1 rings (SSSR count). The van der Waals surface area contributed by atoms with E-state index in [-0.39, 0.29) is 5.91 Å². The zero-order valence-corrected chi connectivity index (χ0v) is 9.77.